The number of allylic oxidation sites excluding steroid dienone is 4. The van der Waals surface area contributed by atoms with E-state index in [9.17, 15) is 19.1 Å². The second-order valence-corrected chi connectivity index (χ2v) is 9.13. The normalized spacial score (nSPS) is 16.3. The first-order valence-corrected chi connectivity index (χ1v) is 12.5. The molecule has 1 aliphatic carbocycles. The smallest absolute Gasteiger partial charge is 0.246 e. The number of aliphatic imine (C=N–C) groups is 1. The lowest BCUT2D eigenvalue weighted by Crippen LogP contribution is -2.50. The van der Waals surface area contributed by atoms with Crippen molar-refractivity contribution >= 4 is 41.1 Å². The molecule has 11 heteroatoms. The fourth-order valence-electron chi connectivity index (χ4n) is 4.52. The van der Waals surface area contributed by atoms with E-state index in [1.54, 1.807) is 42.4 Å². The van der Waals surface area contributed by atoms with Crippen LogP contribution in [-0.4, -0.2) is 76.3 Å². The van der Waals surface area contributed by atoms with E-state index in [1.807, 2.05) is 4.90 Å². The van der Waals surface area contributed by atoms with Crippen molar-refractivity contribution in [2.24, 2.45) is 4.99 Å². The summed E-state index contributed by atoms with van der Waals surface area (Å²) in [5.74, 6) is -0.233. The SMILES string of the molecule is C=CC(=O)N1CCN(C(=NC)c2cc(Cl)c(C3=C(O)CCC=C3F)nc2N(C=O)Cc2ccccn2)CC1. The maximum atomic E-state index is 14.9. The van der Waals surface area contributed by atoms with Crippen LogP contribution in [0.1, 0.15) is 29.8 Å². The highest BCUT2D eigenvalue weighted by molar-refractivity contribution is 6.33. The topological polar surface area (TPSA) is 102 Å². The number of pyridine rings is 2. The molecule has 0 spiro atoms. The lowest BCUT2D eigenvalue weighted by Gasteiger charge is -2.36. The third-order valence-corrected chi connectivity index (χ3v) is 6.69. The standard InChI is InChI=1S/C27H28ClFN6O3/c1-3-23(38)33-11-13-34(14-12-33)26(30-2)19-15-20(28)25(24-21(29)8-6-9-22(24)37)32-27(19)35(17-36)16-18-7-4-5-10-31-18/h3-5,7-8,10,15,17,37H,1,6,9,11-14,16H2,2H3. The van der Waals surface area contributed by atoms with Gasteiger partial charge < -0.3 is 14.9 Å². The van der Waals surface area contributed by atoms with E-state index in [1.165, 1.54) is 17.1 Å². The van der Waals surface area contributed by atoms with Crippen molar-refractivity contribution in [2.75, 3.05) is 38.1 Å². The van der Waals surface area contributed by atoms with Crippen LogP contribution < -0.4 is 4.90 Å². The van der Waals surface area contributed by atoms with Gasteiger partial charge in [0.1, 0.15) is 23.2 Å². The molecule has 0 aromatic carbocycles. The quantitative estimate of drug-likeness (QED) is 0.248. The Morgan fingerprint density at radius 3 is 2.63 bits per heavy atom. The third-order valence-electron chi connectivity index (χ3n) is 6.40. The summed E-state index contributed by atoms with van der Waals surface area (Å²) in [6, 6.07) is 6.93. The molecule has 1 fully saturated rings. The van der Waals surface area contributed by atoms with Gasteiger partial charge in [-0.15, -0.1) is 0 Å². The molecule has 3 heterocycles. The number of hydrogen-bond acceptors (Lipinski definition) is 6. The van der Waals surface area contributed by atoms with Crippen LogP contribution >= 0.6 is 11.6 Å². The Hall–Kier alpha value is -4.05. The van der Waals surface area contributed by atoms with Gasteiger partial charge in [-0.1, -0.05) is 24.2 Å². The van der Waals surface area contributed by atoms with Gasteiger partial charge in [0.15, 0.2) is 0 Å². The Bertz CT molecular complexity index is 1320. The molecule has 4 rings (SSSR count). The predicted octanol–water partition coefficient (Wildman–Crippen LogP) is 3.92. The van der Waals surface area contributed by atoms with Crippen molar-refractivity contribution in [2.45, 2.75) is 19.4 Å². The van der Waals surface area contributed by atoms with Crippen molar-refractivity contribution in [1.29, 1.82) is 0 Å². The number of carbonyl (C=O) groups excluding carboxylic acids is 2. The molecular weight excluding hydrogens is 511 g/mol. The van der Waals surface area contributed by atoms with Crippen LogP contribution in [0.15, 0.2) is 65.8 Å². The monoisotopic (exact) mass is 538 g/mol. The number of halogens is 2. The summed E-state index contributed by atoms with van der Waals surface area (Å²) in [5.41, 5.74) is 1.000. The number of rotatable bonds is 7. The van der Waals surface area contributed by atoms with Gasteiger partial charge in [0.05, 0.1) is 34.1 Å². The number of aliphatic hydroxyl groups excluding tert-OH is 1. The molecule has 0 radical (unpaired) electrons. The molecular formula is C27H28ClFN6O3. The molecule has 1 aliphatic heterocycles. The molecule has 1 N–H and O–H groups in total. The highest BCUT2D eigenvalue weighted by Gasteiger charge is 2.29. The number of nitrogens with zero attached hydrogens (tertiary/aromatic N) is 6. The van der Waals surface area contributed by atoms with Crippen LogP contribution in [0.4, 0.5) is 10.2 Å². The summed E-state index contributed by atoms with van der Waals surface area (Å²) >= 11 is 6.64. The Morgan fingerprint density at radius 1 is 1.29 bits per heavy atom. The van der Waals surface area contributed by atoms with Crippen LogP contribution in [0.5, 0.6) is 0 Å². The summed E-state index contributed by atoms with van der Waals surface area (Å²) in [5, 5.41) is 10.6. The zero-order chi connectivity index (χ0) is 27.2. The maximum absolute atomic E-state index is 14.9. The molecule has 0 unspecified atom stereocenters. The fraction of sp³-hybridized carbons (Fsp3) is 0.296. The number of aliphatic hydroxyl groups is 1. The van der Waals surface area contributed by atoms with Crippen molar-refractivity contribution in [3.63, 3.8) is 0 Å². The van der Waals surface area contributed by atoms with Crippen LogP contribution in [0.3, 0.4) is 0 Å². The van der Waals surface area contributed by atoms with Crippen molar-refractivity contribution in [3.05, 3.63) is 82.8 Å². The van der Waals surface area contributed by atoms with Crippen LogP contribution in [-0.2, 0) is 16.1 Å². The zero-order valence-electron chi connectivity index (χ0n) is 21.0. The minimum absolute atomic E-state index is 0.0288. The molecule has 2 aromatic heterocycles. The van der Waals surface area contributed by atoms with Crippen molar-refractivity contribution in [3.8, 4) is 0 Å². The first kappa shape index (κ1) is 27.0. The second-order valence-electron chi connectivity index (χ2n) is 8.72. The Labute approximate surface area is 225 Å². The van der Waals surface area contributed by atoms with E-state index in [4.69, 9.17) is 11.6 Å². The van der Waals surface area contributed by atoms with Crippen LogP contribution in [0.25, 0.3) is 5.57 Å². The predicted molar refractivity (Wildman–Crippen MR) is 145 cm³/mol. The zero-order valence-corrected chi connectivity index (χ0v) is 21.7. The number of amidine groups is 1. The average Bonchev–Trinajstić information content (AvgIpc) is 2.93. The van der Waals surface area contributed by atoms with Gasteiger partial charge in [0.2, 0.25) is 12.3 Å². The van der Waals surface area contributed by atoms with E-state index in [0.717, 1.165) is 0 Å². The summed E-state index contributed by atoms with van der Waals surface area (Å²) in [6.07, 6.45) is 5.50. The number of hydrogen-bond donors (Lipinski definition) is 1. The minimum atomic E-state index is -0.628. The van der Waals surface area contributed by atoms with Crippen LogP contribution in [0.2, 0.25) is 5.02 Å². The van der Waals surface area contributed by atoms with Gasteiger partial charge in [0, 0.05) is 45.8 Å². The number of anilines is 1. The molecule has 2 aliphatic rings. The van der Waals surface area contributed by atoms with Gasteiger partial charge in [0.25, 0.3) is 0 Å². The van der Waals surface area contributed by atoms with Gasteiger partial charge in [-0.2, -0.15) is 0 Å². The average molecular weight is 539 g/mol. The highest BCUT2D eigenvalue weighted by Crippen LogP contribution is 2.38. The van der Waals surface area contributed by atoms with Gasteiger partial charge in [-0.25, -0.2) is 9.37 Å². The number of piperazine rings is 1. The Morgan fingerprint density at radius 2 is 2.03 bits per heavy atom. The number of carbonyl (C=O) groups is 2. The summed E-state index contributed by atoms with van der Waals surface area (Å²) in [4.78, 5) is 42.9. The molecule has 38 heavy (non-hydrogen) atoms. The second kappa shape index (κ2) is 12.0. The Balaban J connectivity index is 1.80. The van der Waals surface area contributed by atoms with E-state index in [2.05, 4.69) is 21.5 Å². The van der Waals surface area contributed by atoms with E-state index in [-0.39, 0.29) is 46.7 Å². The molecule has 9 nitrogen and oxygen atoms in total. The number of aromatic nitrogens is 2. The maximum Gasteiger partial charge on any atom is 0.246 e. The highest BCUT2D eigenvalue weighted by atomic mass is 35.5. The van der Waals surface area contributed by atoms with Gasteiger partial charge >= 0.3 is 0 Å². The molecule has 2 amide bonds. The molecule has 2 aromatic rings. The van der Waals surface area contributed by atoms with Gasteiger partial charge in [-0.3, -0.25) is 24.5 Å². The van der Waals surface area contributed by atoms with E-state index >= 15 is 0 Å². The molecule has 0 saturated carbocycles. The molecule has 198 valence electrons. The summed E-state index contributed by atoms with van der Waals surface area (Å²) in [6.45, 7) is 5.52. The Kier molecular flexibility index (Phi) is 8.52. The van der Waals surface area contributed by atoms with Gasteiger partial charge in [-0.05, 0) is 36.8 Å². The van der Waals surface area contributed by atoms with E-state index < -0.39 is 5.83 Å². The summed E-state index contributed by atoms with van der Waals surface area (Å²) in [7, 11) is 1.62. The number of amides is 2. The van der Waals surface area contributed by atoms with Crippen LogP contribution in [0, 0.1) is 0 Å². The molecule has 1 saturated heterocycles. The third kappa shape index (κ3) is 5.60. The first-order valence-electron chi connectivity index (χ1n) is 12.1. The first-order chi connectivity index (χ1) is 18.4. The fourth-order valence-corrected chi connectivity index (χ4v) is 4.76. The lowest BCUT2D eigenvalue weighted by molar-refractivity contribution is -0.127. The van der Waals surface area contributed by atoms with E-state index in [0.29, 0.717) is 56.1 Å². The lowest BCUT2D eigenvalue weighted by atomic mass is 9.99. The minimum Gasteiger partial charge on any atom is -0.511 e. The van der Waals surface area contributed by atoms with Crippen molar-refractivity contribution < 1.29 is 19.1 Å². The molecule has 0 atom stereocenters. The summed E-state index contributed by atoms with van der Waals surface area (Å²) < 4.78 is 14.9. The largest absolute Gasteiger partial charge is 0.511 e. The molecule has 0 bridgehead atoms. The van der Waals surface area contributed by atoms with Crippen molar-refractivity contribution in [1.82, 2.24) is 19.8 Å².